The predicted octanol–water partition coefficient (Wildman–Crippen LogP) is 5.46. The van der Waals surface area contributed by atoms with E-state index in [1.54, 1.807) is 6.07 Å². The van der Waals surface area contributed by atoms with E-state index in [9.17, 15) is 4.79 Å². The van der Waals surface area contributed by atoms with Gasteiger partial charge in [-0.2, -0.15) is 0 Å². The average Bonchev–Trinajstić information content (AvgIpc) is 2.95. The quantitative estimate of drug-likeness (QED) is 0.423. The summed E-state index contributed by atoms with van der Waals surface area (Å²) >= 11 is 12.0. The Labute approximate surface area is 202 Å². The van der Waals surface area contributed by atoms with Gasteiger partial charge in [-0.05, 0) is 36.5 Å². The fourth-order valence-electron chi connectivity index (χ4n) is 4.47. The highest BCUT2D eigenvalue weighted by molar-refractivity contribution is 6.31. The molecule has 1 saturated heterocycles. The van der Waals surface area contributed by atoms with Crippen LogP contribution in [0.3, 0.4) is 0 Å². The third kappa shape index (κ3) is 5.06. The summed E-state index contributed by atoms with van der Waals surface area (Å²) in [5.74, 6) is -3.16. The summed E-state index contributed by atoms with van der Waals surface area (Å²) in [7, 11) is 0. The Hall–Kier alpha value is -2.06. The Morgan fingerprint density at radius 3 is 2.58 bits per heavy atom. The SMILES string of the molecule is C=C(C)OC(=O)[C@@H]1N[C@@H](CC(C)(C)C)[C@](N)(c2ncc(Cl)cc2F)[C@H]1c1cccc(Cl)c1F. The molecule has 9 heteroatoms. The van der Waals surface area contributed by atoms with Crippen molar-refractivity contribution in [1.29, 1.82) is 0 Å². The molecule has 1 aromatic carbocycles. The van der Waals surface area contributed by atoms with Crippen LogP contribution in [0.4, 0.5) is 8.78 Å². The van der Waals surface area contributed by atoms with Gasteiger partial charge in [0.05, 0.1) is 27.0 Å². The largest absolute Gasteiger partial charge is 0.431 e. The van der Waals surface area contributed by atoms with E-state index in [0.717, 1.165) is 6.07 Å². The van der Waals surface area contributed by atoms with Crippen LogP contribution >= 0.6 is 23.2 Å². The second-order valence-electron chi connectivity index (χ2n) is 9.62. The van der Waals surface area contributed by atoms with E-state index < -0.39 is 41.1 Å². The third-order valence-corrected chi connectivity index (χ3v) is 6.18. The van der Waals surface area contributed by atoms with Crippen molar-refractivity contribution in [3.63, 3.8) is 0 Å². The second kappa shape index (κ2) is 9.29. The van der Waals surface area contributed by atoms with Gasteiger partial charge in [0.2, 0.25) is 0 Å². The molecule has 0 unspecified atom stereocenters. The number of benzene rings is 1. The number of carbonyl (C=O) groups is 1. The number of halogens is 4. The van der Waals surface area contributed by atoms with Gasteiger partial charge in [-0.3, -0.25) is 10.3 Å². The number of nitrogens with zero attached hydrogens (tertiary/aromatic N) is 1. The monoisotopic (exact) mass is 497 g/mol. The summed E-state index contributed by atoms with van der Waals surface area (Å²) in [5, 5.41) is 3.13. The Morgan fingerprint density at radius 1 is 1.33 bits per heavy atom. The van der Waals surface area contributed by atoms with Gasteiger partial charge in [0.25, 0.3) is 0 Å². The highest BCUT2D eigenvalue weighted by Crippen LogP contribution is 2.49. The number of hydrogen-bond donors (Lipinski definition) is 2. The number of nitrogens with two attached hydrogens (primary N) is 1. The number of pyridine rings is 1. The normalized spacial score (nSPS) is 25.2. The Kier molecular flexibility index (Phi) is 7.20. The molecule has 0 saturated carbocycles. The maximum absolute atomic E-state index is 15.3. The maximum Gasteiger partial charge on any atom is 0.328 e. The summed E-state index contributed by atoms with van der Waals surface area (Å²) in [4.78, 5) is 17.3. The first-order chi connectivity index (χ1) is 15.3. The molecule has 2 aromatic rings. The van der Waals surface area contributed by atoms with Crippen LogP contribution < -0.4 is 11.1 Å². The van der Waals surface area contributed by atoms with Gasteiger partial charge in [-0.1, -0.05) is 62.7 Å². The van der Waals surface area contributed by atoms with Crippen LogP contribution in [0.15, 0.2) is 42.8 Å². The van der Waals surface area contributed by atoms with Gasteiger partial charge in [0.1, 0.15) is 17.7 Å². The third-order valence-electron chi connectivity index (χ3n) is 5.69. The van der Waals surface area contributed by atoms with Gasteiger partial charge in [-0.15, -0.1) is 0 Å². The summed E-state index contributed by atoms with van der Waals surface area (Å²) in [6.07, 6.45) is 1.69. The molecule has 3 rings (SSSR count). The van der Waals surface area contributed by atoms with Crippen molar-refractivity contribution in [3.8, 4) is 0 Å². The first kappa shape index (κ1) is 25.6. The second-order valence-corrected chi connectivity index (χ2v) is 10.5. The molecular weight excluding hydrogens is 471 g/mol. The number of nitrogens with one attached hydrogen (secondary N) is 1. The van der Waals surface area contributed by atoms with Crippen LogP contribution in [0.5, 0.6) is 0 Å². The molecule has 0 aliphatic carbocycles. The lowest BCUT2D eigenvalue weighted by Gasteiger charge is -2.38. The van der Waals surface area contributed by atoms with Crippen molar-refractivity contribution in [3.05, 3.63) is 75.7 Å². The Balaban J connectivity index is 2.31. The van der Waals surface area contributed by atoms with Gasteiger partial charge >= 0.3 is 5.97 Å². The fraction of sp³-hybridized carbons (Fsp3) is 0.417. The number of esters is 1. The molecule has 1 aliphatic heterocycles. The molecule has 5 nitrogen and oxygen atoms in total. The molecule has 1 aliphatic rings. The molecule has 0 spiro atoms. The molecule has 0 amide bonds. The Morgan fingerprint density at radius 2 is 2.00 bits per heavy atom. The maximum atomic E-state index is 15.3. The van der Waals surface area contributed by atoms with E-state index >= 15 is 8.78 Å². The van der Waals surface area contributed by atoms with E-state index in [1.807, 2.05) is 20.8 Å². The molecule has 33 heavy (non-hydrogen) atoms. The zero-order valence-corrected chi connectivity index (χ0v) is 20.4. The number of carbonyl (C=O) groups excluding carboxylic acids is 1. The number of aromatic nitrogens is 1. The molecule has 1 fully saturated rings. The van der Waals surface area contributed by atoms with Crippen LogP contribution in [-0.2, 0) is 15.1 Å². The number of rotatable bonds is 5. The van der Waals surface area contributed by atoms with Gasteiger partial charge in [0, 0.05) is 18.2 Å². The van der Waals surface area contributed by atoms with Crippen molar-refractivity contribution >= 4 is 29.2 Å². The van der Waals surface area contributed by atoms with Crippen molar-refractivity contribution < 1.29 is 18.3 Å². The topological polar surface area (TPSA) is 77.2 Å². The van der Waals surface area contributed by atoms with Gasteiger partial charge < -0.3 is 10.5 Å². The summed E-state index contributed by atoms with van der Waals surface area (Å²) < 4.78 is 35.8. The molecule has 1 aromatic heterocycles. The molecular formula is C24H27Cl2F2N3O2. The highest BCUT2D eigenvalue weighted by atomic mass is 35.5. The van der Waals surface area contributed by atoms with Crippen LogP contribution in [-0.4, -0.2) is 23.0 Å². The van der Waals surface area contributed by atoms with Crippen molar-refractivity contribution in [2.24, 2.45) is 11.1 Å². The zero-order chi connectivity index (χ0) is 24.7. The van der Waals surface area contributed by atoms with E-state index in [-0.39, 0.29) is 32.5 Å². The van der Waals surface area contributed by atoms with E-state index in [4.69, 9.17) is 33.7 Å². The minimum absolute atomic E-state index is 0.0497. The van der Waals surface area contributed by atoms with Gasteiger partial charge in [-0.25, -0.2) is 13.6 Å². The average molecular weight is 498 g/mol. The van der Waals surface area contributed by atoms with Gasteiger partial charge in [0.15, 0.2) is 0 Å². The predicted molar refractivity (Wildman–Crippen MR) is 125 cm³/mol. The fourth-order valence-corrected chi connectivity index (χ4v) is 4.79. The molecule has 2 heterocycles. The van der Waals surface area contributed by atoms with Crippen molar-refractivity contribution in [2.75, 3.05) is 0 Å². The number of ether oxygens (including phenoxy) is 1. The van der Waals surface area contributed by atoms with Crippen molar-refractivity contribution in [2.45, 2.75) is 57.7 Å². The first-order valence-electron chi connectivity index (χ1n) is 10.4. The smallest absolute Gasteiger partial charge is 0.328 e. The minimum Gasteiger partial charge on any atom is -0.431 e. The summed E-state index contributed by atoms with van der Waals surface area (Å²) in [6, 6.07) is 3.71. The molecule has 0 radical (unpaired) electrons. The standard InChI is InChI=1S/C24H27Cl2F2N3O2/c1-12(2)33-22(32)20-18(14-7-6-8-15(26)19(14)28)24(29,17(31-20)10-23(3,4)5)21-16(27)9-13(25)11-30-21/h6-9,11,17-18,20,31H,1,10,29H2,2-5H3/t17-,18-,20+,24+/m0/s1. The van der Waals surface area contributed by atoms with E-state index in [1.165, 1.54) is 25.3 Å². The lowest BCUT2D eigenvalue weighted by molar-refractivity contribution is -0.142. The summed E-state index contributed by atoms with van der Waals surface area (Å²) in [6.45, 7) is 11.1. The molecule has 0 bridgehead atoms. The molecule has 3 N–H and O–H groups in total. The Bertz CT molecular complexity index is 1090. The number of allylic oxidation sites excluding steroid dienone is 1. The number of hydrogen-bond acceptors (Lipinski definition) is 5. The molecule has 178 valence electrons. The highest BCUT2D eigenvalue weighted by Gasteiger charge is 2.59. The van der Waals surface area contributed by atoms with Crippen LogP contribution in [0, 0.1) is 17.0 Å². The first-order valence-corrected chi connectivity index (χ1v) is 11.2. The van der Waals surface area contributed by atoms with Crippen LogP contribution in [0.1, 0.15) is 51.3 Å². The lowest BCUT2D eigenvalue weighted by Crippen LogP contribution is -2.53. The lowest BCUT2D eigenvalue weighted by atomic mass is 9.70. The van der Waals surface area contributed by atoms with E-state index in [0.29, 0.717) is 6.42 Å². The minimum atomic E-state index is -1.65. The van der Waals surface area contributed by atoms with E-state index in [2.05, 4.69) is 16.9 Å². The van der Waals surface area contributed by atoms with Crippen LogP contribution in [0.2, 0.25) is 10.0 Å². The van der Waals surface area contributed by atoms with Crippen LogP contribution in [0.25, 0.3) is 0 Å². The zero-order valence-electron chi connectivity index (χ0n) is 18.9. The molecule has 4 atom stereocenters. The summed E-state index contributed by atoms with van der Waals surface area (Å²) in [5.41, 5.74) is 4.97. The van der Waals surface area contributed by atoms with Crippen molar-refractivity contribution in [1.82, 2.24) is 10.3 Å².